The largest absolute Gasteiger partial charge is 0.361 e. The van der Waals surface area contributed by atoms with E-state index in [1.807, 2.05) is 18.0 Å². The highest BCUT2D eigenvalue weighted by atomic mass is 32.2. The number of H-pyrrole nitrogens is 1. The molecule has 3 rings (SSSR count). The number of aromatic amines is 1. The average molecular weight is 260 g/mol. The molecule has 1 heterocycles. The van der Waals surface area contributed by atoms with Gasteiger partial charge in [0.15, 0.2) is 0 Å². The van der Waals surface area contributed by atoms with E-state index < -0.39 is 0 Å². The van der Waals surface area contributed by atoms with Gasteiger partial charge < -0.3 is 10.3 Å². The second-order valence-corrected chi connectivity index (χ2v) is 6.29. The molecule has 0 spiro atoms. The van der Waals surface area contributed by atoms with Gasteiger partial charge in [0.2, 0.25) is 0 Å². The third kappa shape index (κ3) is 2.57. The molecule has 0 amide bonds. The van der Waals surface area contributed by atoms with Crippen LogP contribution in [0.15, 0.2) is 30.5 Å². The number of nitrogens with one attached hydrogen (secondary N) is 2. The minimum absolute atomic E-state index is 0.712. The van der Waals surface area contributed by atoms with Crippen molar-refractivity contribution in [2.75, 3.05) is 6.26 Å². The van der Waals surface area contributed by atoms with Crippen molar-refractivity contribution < 1.29 is 0 Å². The topological polar surface area (TPSA) is 27.8 Å². The van der Waals surface area contributed by atoms with Gasteiger partial charge in [0.1, 0.15) is 0 Å². The van der Waals surface area contributed by atoms with Crippen molar-refractivity contribution in [3.63, 3.8) is 0 Å². The maximum Gasteiger partial charge on any atom is 0.0454 e. The Bertz CT molecular complexity index is 520. The molecule has 1 aliphatic rings. The van der Waals surface area contributed by atoms with Crippen LogP contribution < -0.4 is 5.32 Å². The summed E-state index contributed by atoms with van der Waals surface area (Å²) in [7, 11) is 0. The summed E-state index contributed by atoms with van der Waals surface area (Å²) in [5, 5.41) is 5.87. The molecule has 2 nitrogen and oxygen atoms in total. The van der Waals surface area contributed by atoms with Gasteiger partial charge in [0, 0.05) is 29.6 Å². The Labute approximate surface area is 113 Å². The van der Waals surface area contributed by atoms with Crippen molar-refractivity contribution >= 4 is 22.7 Å². The molecule has 2 aromatic rings. The molecule has 96 valence electrons. The lowest BCUT2D eigenvalue weighted by Crippen LogP contribution is -2.26. The van der Waals surface area contributed by atoms with Crippen LogP contribution in [0.3, 0.4) is 0 Å². The average Bonchev–Trinajstić information content (AvgIpc) is 3.04. The molecule has 0 bridgehead atoms. The van der Waals surface area contributed by atoms with Crippen LogP contribution in [0.25, 0.3) is 10.9 Å². The van der Waals surface area contributed by atoms with Gasteiger partial charge >= 0.3 is 0 Å². The van der Waals surface area contributed by atoms with E-state index in [-0.39, 0.29) is 0 Å². The zero-order valence-corrected chi connectivity index (χ0v) is 11.6. The lowest BCUT2D eigenvalue weighted by molar-refractivity contribution is 0.525. The minimum atomic E-state index is 0.712. The fourth-order valence-corrected chi connectivity index (χ4v) is 3.61. The first-order valence-corrected chi connectivity index (χ1v) is 7.96. The second kappa shape index (κ2) is 5.37. The highest BCUT2D eigenvalue weighted by Crippen LogP contribution is 2.28. The van der Waals surface area contributed by atoms with Gasteiger partial charge in [-0.1, -0.05) is 6.07 Å². The van der Waals surface area contributed by atoms with Crippen LogP contribution in [0.5, 0.6) is 0 Å². The first kappa shape index (κ1) is 12.1. The van der Waals surface area contributed by atoms with E-state index in [2.05, 4.69) is 40.8 Å². The molecule has 2 N–H and O–H groups in total. The maximum absolute atomic E-state index is 3.70. The monoisotopic (exact) mass is 260 g/mol. The van der Waals surface area contributed by atoms with E-state index in [0.29, 0.717) is 6.04 Å². The molecule has 0 aliphatic heterocycles. The molecule has 2 unspecified atom stereocenters. The fourth-order valence-electron chi connectivity index (χ4n) is 2.81. The molecule has 1 saturated carbocycles. The van der Waals surface area contributed by atoms with Crippen LogP contribution in [-0.2, 0) is 6.54 Å². The van der Waals surface area contributed by atoms with Gasteiger partial charge in [0.05, 0.1) is 0 Å². The predicted octanol–water partition coefficient (Wildman–Crippen LogP) is 3.54. The number of aromatic nitrogens is 1. The van der Waals surface area contributed by atoms with Crippen LogP contribution in [0.4, 0.5) is 0 Å². The van der Waals surface area contributed by atoms with Crippen molar-refractivity contribution in [3.8, 4) is 0 Å². The van der Waals surface area contributed by atoms with Crippen LogP contribution in [0.2, 0.25) is 0 Å². The van der Waals surface area contributed by atoms with Gasteiger partial charge in [-0.2, -0.15) is 11.8 Å². The van der Waals surface area contributed by atoms with Gasteiger partial charge in [-0.25, -0.2) is 0 Å². The van der Waals surface area contributed by atoms with Crippen LogP contribution in [0, 0.1) is 0 Å². The van der Waals surface area contributed by atoms with E-state index in [1.54, 1.807) is 0 Å². The molecule has 0 radical (unpaired) electrons. The Morgan fingerprint density at radius 2 is 2.28 bits per heavy atom. The minimum Gasteiger partial charge on any atom is -0.361 e. The Morgan fingerprint density at radius 1 is 1.33 bits per heavy atom. The summed E-state index contributed by atoms with van der Waals surface area (Å²) in [6.07, 6.45) is 8.26. The lowest BCUT2D eigenvalue weighted by atomic mass is 10.1. The van der Waals surface area contributed by atoms with Crippen LogP contribution in [0.1, 0.15) is 24.8 Å². The maximum atomic E-state index is 3.70. The van der Waals surface area contributed by atoms with Gasteiger partial charge in [-0.3, -0.25) is 0 Å². The van der Waals surface area contributed by atoms with E-state index in [0.717, 1.165) is 11.8 Å². The Balaban J connectivity index is 1.59. The number of fused-ring (bicyclic) bond motifs is 1. The smallest absolute Gasteiger partial charge is 0.0454 e. The van der Waals surface area contributed by atoms with Crippen LogP contribution in [-0.4, -0.2) is 22.5 Å². The molecule has 1 aliphatic carbocycles. The highest BCUT2D eigenvalue weighted by molar-refractivity contribution is 7.99. The molecule has 0 saturated heterocycles. The van der Waals surface area contributed by atoms with Crippen molar-refractivity contribution in [2.45, 2.75) is 37.1 Å². The highest BCUT2D eigenvalue weighted by Gasteiger charge is 2.23. The quantitative estimate of drug-likeness (QED) is 0.880. The van der Waals surface area contributed by atoms with Crippen molar-refractivity contribution in [1.82, 2.24) is 10.3 Å². The molecule has 2 atom stereocenters. The van der Waals surface area contributed by atoms with E-state index in [4.69, 9.17) is 0 Å². The summed E-state index contributed by atoms with van der Waals surface area (Å²) in [4.78, 5) is 3.23. The fraction of sp³-hybridized carbons (Fsp3) is 0.467. The molecule has 1 aromatic carbocycles. The standard InChI is InChI=1S/C15H20N2S/c1-18-14-4-3-13(9-14)17-10-11-2-5-15-12(8-11)6-7-16-15/h2,5-8,13-14,16-17H,3-4,9-10H2,1H3. The van der Waals surface area contributed by atoms with E-state index in [9.17, 15) is 0 Å². The first-order valence-electron chi connectivity index (χ1n) is 6.67. The second-order valence-electron chi connectivity index (χ2n) is 5.15. The summed E-state index contributed by atoms with van der Waals surface area (Å²) >= 11 is 2.02. The lowest BCUT2D eigenvalue weighted by Gasteiger charge is -2.12. The normalized spacial score (nSPS) is 23.8. The zero-order valence-electron chi connectivity index (χ0n) is 10.8. The number of thioether (sulfide) groups is 1. The van der Waals surface area contributed by atoms with E-state index in [1.165, 1.54) is 35.7 Å². The summed E-state index contributed by atoms with van der Waals surface area (Å²) in [5.74, 6) is 0. The molecule has 1 fully saturated rings. The van der Waals surface area contributed by atoms with Crippen LogP contribution >= 0.6 is 11.8 Å². The van der Waals surface area contributed by atoms with Gasteiger partial charge in [-0.05, 0) is 54.7 Å². The van der Waals surface area contributed by atoms with E-state index >= 15 is 0 Å². The molecule has 3 heteroatoms. The number of hydrogen-bond donors (Lipinski definition) is 2. The number of benzene rings is 1. The number of rotatable bonds is 4. The van der Waals surface area contributed by atoms with Crippen molar-refractivity contribution in [3.05, 3.63) is 36.0 Å². The Morgan fingerprint density at radius 3 is 3.11 bits per heavy atom. The van der Waals surface area contributed by atoms with Crippen molar-refractivity contribution in [1.29, 1.82) is 0 Å². The molecule has 18 heavy (non-hydrogen) atoms. The van der Waals surface area contributed by atoms with Gasteiger partial charge in [-0.15, -0.1) is 0 Å². The molecule has 1 aromatic heterocycles. The third-order valence-electron chi connectivity index (χ3n) is 3.93. The Kier molecular flexibility index (Phi) is 3.62. The predicted molar refractivity (Wildman–Crippen MR) is 80.1 cm³/mol. The zero-order chi connectivity index (χ0) is 12.4. The van der Waals surface area contributed by atoms with Crippen molar-refractivity contribution in [2.24, 2.45) is 0 Å². The Hall–Kier alpha value is -0.930. The first-order chi connectivity index (χ1) is 8.85. The summed E-state index contributed by atoms with van der Waals surface area (Å²) < 4.78 is 0. The summed E-state index contributed by atoms with van der Waals surface area (Å²) in [6, 6.07) is 9.51. The molecular weight excluding hydrogens is 240 g/mol. The van der Waals surface area contributed by atoms with Gasteiger partial charge in [0.25, 0.3) is 0 Å². The third-order valence-corrected chi connectivity index (χ3v) is 5.03. The summed E-state index contributed by atoms with van der Waals surface area (Å²) in [6.45, 7) is 0.993. The number of hydrogen-bond acceptors (Lipinski definition) is 2. The SMILES string of the molecule is CSC1CCC(NCc2ccc3[nH]ccc3c2)C1. The summed E-state index contributed by atoms with van der Waals surface area (Å²) in [5.41, 5.74) is 2.61. The molecular formula is C15H20N2S.